The molecule has 2 aromatic carbocycles. The molecule has 0 radical (unpaired) electrons. The highest BCUT2D eigenvalue weighted by molar-refractivity contribution is 6.17. The van der Waals surface area contributed by atoms with Crippen LogP contribution >= 0.6 is 11.6 Å². The second-order valence-corrected chi connectivity index (χ2v) is 10.6. The van der Waals surface area contributed by atoms with Gasteiger partial charge in [0, 0.05) is 11.3 Å². The molecule has 0 amide bonds. The summed E-state index contributed by atoms with van der Waals surface area (Å²) in [4.78, 5) is 0. The van der Waals surface area contributed by atoms with Gasteiger partial charge in [0.25, 0.3) is 0 Å². The second-order valence-electron chi connectivity index (χ2n) is 10.3. The minimum Gasteiger partial charge on any atom is -0.392 e. The number of hydrogen-bond donors (Lipinski definition) is 1. The maximum atomic E-state index is 9.41. The monoisotopic (exact) mass is 400 g/mol. The van der Waals surface area contributed by atoms with Crippen LogP contribution in [0.3, 0.4) is 0 Å². The van der Waals surface area contributed by atoms with Crippen molar-refractivity contribution >= 4 is 11.6 Å². The molecule has 0 saturated carbocycles. The van der Waals surface area contributed by atoms with E-state index in [9.17, 15) is 5.11 Å². The average Bonchev–Trinajstić information content (AvgIpc) is 2.66. The van der Waals surface area contributed by atoms with Gasteiger partial charge in [-0.05, 0) is 38.5 Å². The van der Waals surface area contributed by atoms with E-state index in [1.165, 1.54) is 11.1 Å². The maximum Gasteiger partial charge on any atom is 0.0681 e. The third-order valence-electron chi connectivity index (χ3n) is 7.86. The van der Waals surface area contributed by atoms with Crippen LogP contribution in [0, 0.1) is 10.8 Å². The van der Waals surface area contributed by atoms with Crippen molar-refractivity contribution in [2.75, 3.05) is 0 Å². The summed E-state index contributed by atoms with van der Waals surface area (Å²) >= 11 is 6.03. The molecular formula is C26H37ClO. The molecule has 0 aliphatic rings. The highest BCUT2D eigenvalue weighted by Gasteiger charge is 2.56. The Morgan fingerprint density at radius 2 is 1.11 bits per heavy atom. The Kier molecular flexibility index (Phi) is 6.43. The van der Waals surface area contributed by atoms with Gasteiger partial charge in [-0.15, -0.1) is 11.6 Å². The Bertz CT molecular complexity index is 779. The van der Waals surface area contributed by atoms with Crippen molar-refractivity contribution in [3.8, 4) is 0 Å². The molecule has 0 aliphatic carbocycles. The first-order chi connectivity index (χ1) is 12.8. The van der Waals surface area contributed by atoms with Crippen LogP contribution in [0.25, 0.3) is 0 Å². The third kappa shape index (κ3) is 3.64. The molecule has 2 heteroatoms. The van der Waals surface area contributed by atoms with E-state index < -0.39 is 0 Å². The molecule has 28 heavy (non-hydrogen) atoms. The average molecular weight is 401 g/mol. The molecule has 0 aromatic heterocycles. The van der Waals surface area contributed by atoms with Gasteiger partial charge in [0.15, 0.2) is 0 Å². The molecule has 0 spiro atoms. The summed E-state index contributed by atoms with van der Waals surface area (Å²) < 4.78 is 0. The highest BCUT2D eigenvalue weighted by Crippen LogP contribution is 2.60. The first kappa shape index (κ1) is 23.0. The lowest BCUT2D eigenvalue weighted by atomic mass is 9.44. The minimum atomic E-state index is -0.0933. The molecule has 154 valence electrons. The number of halogens is 1. The van der Waals surface area contributed by atoms with Crippen molar-refractivity contribution in [2.24, 2.45) is 10.8 Å². The lowest BCUT2D eigenvalue weighted by molar-refractivity contribution is -0.00195. The van der Waals surface area contributed by atoms with Crippen LogP contribution in [-0.4, -0.2) is 5.11 Å². The van der Waals surface area contributed by atoms with Crippen molar-refractivity contribution < 1.29 is 5.11 Å². The number of hydrogen-bond acceptors (Lipinski definition) is 1. The Labute approximate surface area is 177 Å². The molecule has 0 bridgehead atoms. The van der Waals surface area contributed by atoms with Gasteiger partial charge in [0.2, 0.25) is 0 Å². The van der Waals surface area contributed by atoms with Crippen molar-refractivity contribution in [3.05, 3.63) is 70.8 Å². The molecular weight excluding hydrogens is 364 g/mol. The summed E-state index contributed by atoms with van der Waals surface area (Å²) in [5.74, 6) is 0.540. The molecule has 1 unspecified atom stereocenters. The topological polar surface area (TPSA) is 20.2 Å². The maximum absolute atomic E-state index is 9.41. The lowest BCUT2D eigenvalue weighted by Gasteiger charge is -2.60. The summed E-state index contributed by atoms with van der Waals surface area (Å²) in [7, 11) is 0. The van der Waals surface area contributed by atoms with Gasteiger partial charge in [0.1, 0.15) is 0 Å². The number of rotatable bonds is 6. The Balaban J connectivity index is 2.65. The van der Waals surface area contributed by atoms with Crippen LogP contribution in [0.2, 0.25) is 0 Å². The SMILES string of the molecule is CC(C)(C)C(C)(c1ccc(CCl)cc1)C(C)(C)C(C)(C)c1ccc(CO)cc1. The quantitative estimate of drug-likeness (QED) is 0.507. The molecule has 2 rings (SSSR count). The fourth-order valence-corrected chi connectivity index (χ4v) is 4.85. The Morgan fingerprint density at radius 3 is 1.50 bits per heavy atom. The van der Waals surface area contributed by atoms with Crippen molar-refractivity contribution in [1.82, 2.24) is 0 Å². The Morgan fingerprint density at radius 1 is 0.679 bits per heavy atom. The Hall–Kier alpha value is -1.31. The summed E-state index contributed by atoms with van der Waals surface area (Å²) in [5.41, 5.74) is 4.54. The van der Waals surface area contributed by atoms with E-state index in [4.69, 9.17) is 11.6 Å². The predicted molar refractivity (Wildman–Crippen MR) is 122 cm³/mol. The van der Waals surface area contributed by atoms with Crippen LogP contribution in [0.15, 0.2) is 48.5 Å². The zero-order chi connectivity index (χ0) is 21.4. The number of aliphatic hydroxyl groups is 1. The molecule has 1 nitrogen and oxygen atoms in total. The van der Waals surface area contributed by atoms with Crippen LogP contribution < -0.4 is 0 Å². The van der Waals surface area contributed by atoms with Crippen LogP contribution in [0.5, 0.6) is 0 Å². The van der Waals surface area contributed by atoms with Crippen LogP contribution in [-0.2, 0) is 23.3 Å². The van der Waals surface area contributed by atoms with Gasteiger partial charge in [-0.25, -0.2) is 0 Å². The minimum absolute atomic E-state index is 0.0429. The number of benzene rings is 2. The molecule has 0 fully saturated rings. The van der Waals surface area contributed by atoms with Crippen molar-refractivity contribution in [1.29, 1.82) is 0 Å². The van der Waals surface area contributed by atoms with Gasteiger partial charge >= 0.3 is 0 Å². The van der Waals surface area contributed by atoms with E-state index in [-0.39, 0.29) is 28.3 Å². The third-order valence-corrected chi connectivity index (χ3v) is 8.16. The van der Waals surface area contributed by atoms with Gasteiger partial charge in [-0.2, -0.15) is 0 Å². The fourth-order valence-electron chi connectivity index (χ4n) is 4.67. The van der Waals surface area contributed by atoms with Gasteiger partial charge in [0.05, 0.1) is 6.61 Å². The van der Waals surface area contributed by atoms with Crippen molar-refractivity contribution in [3.63, 3.8) is 0 Å². The highest BCUT2D eigenvalue weighted by atomic mass is 35.5. The number of alkyl halides is 1. The van der Waals surface area contributed by atoms with Crippen molar-refractivity contribution in [2.45, 2.75) is 78.7 Å². The summed E-state index contributed by atoms with van der Waals surface area (Å²) in [5, 5.41) is 9.41. The molecule has 0 saturated heterocycles. The smallest absolute Gasteiger partial charge is 0.0681 e. The van der Waals surface area contributed by atoms with E-state index in [0.29, 0.717) is 5.88 Å². The predicted octanol–water partition coefficient (Wildman–Crippen LogP) is 7.23. The molecule has 0 aliphatic heterocycles. The largest absolute Gasteiger partial charge is 0.392 e. The zero-order valence-corrected chi connectivity index (χ0v) is 19.6. The molecule has 1 atom stereocenters. The van der Waals surface area contributed by atoms with E-state index in [1.807, 2.05) is 12.1 Å². The normalized spacial score (nSPS) is 15.4. The molecule has 0 heterocycles. The van der Waals surface area contributed by atoms with E-state index in [0.717, 1.165) is 11.1 Å². The standard InChI is InChI=1S/C26H37ClO/c1-23(2,3)26(8,22-15-9-19(17-27)10-16-22)25(6,7)24(4,5)21-13-11-20(18-28)12-14-21/h9-16,28H,17-18H2,1-8H3. The van der Waals surface area contributed by atoms with E-state index >= 15 is 0 Å². The first-order valence-corrected chi connectivity index (χ1v) is 10.7. The summed E-state index contributed by atoms with van der Waals surface area (Å²) in [6.45, 7) is 19.0. The fraction of sp³-hybridized carbons (Fsp3) is 0.538. The number of aliphatic hydroxyl groups excluding tert-OH is 1. The summed E-state index contributed by atoms with van der Waals surface area (Å²) in [6, 6.07) is 17.3. The molecule has 1 N–H and O–H groups in total. The molecule has 2 aromatic rings. The van der Waals surface area contributed by atoms with Gasteiger partial charge in [-0.1, -0.05) is 104 Å². The second kappa shape index (κ2) is 7.84. The van der Waals surface area contributed by atoms with Gasteiger partial charge < -0.3 is 5.11 Å². The van der Waals surface area contributed by atoms with Crippen LogP contribution in [0.4, 0.5) is 0 Å². The van der Waals surface area contributed by atoms with Crippen LogP contribution in [0.1, 0.15) is 77.6 Å². The van der Waals surface area contributed by atoms with E-state index in [2.05, 4.69) is 91.8 Å². The van der Waals surface area contributed by atoms with E-state index in [1.54, 1.807) is 0 Å². The zero-order valence-electron chi connectivity index (χ0n) is 18.9. The summed E-state index contributed by atoms with van der Waals surface area (Å²) in [6.07, 6.45) is 0. The van der Waals surface area contributed by atoms with Gasteiger partial charge in [-0.3, -0.25) is 0 Å². The lowest BCUT2D eigenvalue weighted by Crippen LogP contribution is -2.57. The first-order valence-electron chi connectivity index (χ1n) is 10.2.